The Kier molecular flexibility index (Phi) is 17.6. The fourth-order valence-corrected chi connectivity index (χ4v) is 5.26. The predicted molar refractivity (Wildman–Crippen MR) is 236 cm³/mol. The molecule has 0 spiro atoms. The Bertz CT molecular complexity index is 1990. The van der Waals surface area contributed by atoms with Crippen molar-refractivity contribution in [3.05, 3.63) is 185 Å². The number of carbonyl (C=O) groups is 3. The van der Waals surface area contributed by atoms with E-state index in [2.05, 4.69) is 35.1 Å². The first-order chi connectivity index (χ1) is 27.6. The zero-order valence-electron chi connectivity index (χ0n) is 33.6. The standard InChI is InChI=1S/C18H21NO.C17H19NO2.C14H14N2O/c1-3-4-5-15-8-10-16(11-9-15)18(20)19-17-12-6-14(2)7-13-17;1-3-12-20-16-10-6-14(7-11-16)17(19)18-15-8-4-13(2)5-9-15;1-11-7-9-13(10-8-11)16-14(17)15-12-5-3-2-4-6-12/h6-13H,3-5H2,1-2H3,(H,19,20);4-11H,3,12H2,1-2H3,(H,18,19);2-10H,1H3,(H2,15,16,17). The summed E-state index contributed by atoms with van der Waals surface area (Å²) in [4.78, 5) is 35.8. The van der Waals surface area contributed by atoms with Gasteiger partial charge >= 0.3 is 6.03 Å². The largest absolute Gasteiger partial charge is 0.494 e. The maximum Gasteiger partial charge on any atom is 0.323 e. The number of hydrogen-bond acceptors (Lipinski definition) is 4. The lowest BCUT2D eigenvalue weighted by molar-refractivity contribution is 0.101. The Morgan fingerprint density at radius 3 is 1.28 bits per heavy atom. The molecule has 6 rings (SSSR count). The lowest BCUT2D eigenvalue weighted by Crippen LogP contribution is -2.19. The highest BCUT2D eigenvalue weighted by molar-refractivity contribution is 6.05. The fourth-order valence-electron chi connectivity index (χ4n) is 5.26. The van der Waals surface area contributed by atoms with E-state index in [-0.39, 0.29) is 17.8 Å². The van der Waals surface area contributed by atoms with Gasteiger partial charge in [0.2, 0.25) is 0 Å². The van der Waals surface area contributed by atoms with Gasteiger partial charge in [0.15, 0.2) is 0 Å². The van der Waals surface area contributed by atoms with Crippen LogP contribution in [0.15, 0.2) is 152 Å². The van der Waals surface area contributed by atoms with Crippen LogP contribution in [0.1, 0.15) is 76.1 Å². The van der Waals surface area contributed by atoms with Gasteiger partial charge in [0, 0.05) is 33.9 Å². The summed E-state index contributed by atoms with van der Waals surface area (Å²) in [6.45, 7) is 11.0. The van der Waals surface area contributed by atoms with Crippen LogP contribution < -0.4 is 26.0 Å². The highest BCUT2D eigenvalue weighted by Gasteiger charge is 2.07. The molecule has 57 heavy (non-hydrogen) atoms. The third-order valence-electron chi connectivity index (χ3n) is 8.58. The van der Waals surface area contributed by atoms with Crippen molar-refractivity contribution in [2.24, 2.45) is 0 Å². The smallest absolute Gasteiger partial charge is 0.323 e. The average molecular weight is 763 g/mol. The van der Waals surface area contributed by atoms with Crippen LogP contribution in [-0.4, -0.2) is 24.5 Å². The summed E-state index contributed by atoms with van der Waals surface area (Å²) >= 11 is 0. The molecule has 0 aromatic heterocycles. The highest BCUT2D eigenvalue weighted by atomic mass is 16.5. The van der Waals surface area contributed by atoms with E-state index in [0.29, 0.717) is 17.7 Å². The van der Waals surface area contributed by atoms with Crippen molar-refractivity contribution >= 4 is 40.6 Å². The van der Waals surface area contributed by atoms with E-state index < -0.39 is 0 Å². The van der Waals surface area contributed by atoms with E-state index in [1.807, 2.05) is 160 Å². The predicted octanol–water partition coefficient (Wildman–Crippen LogP) is 12.3. The molecule has 0 bridgehead atoms. The number of ether oxygens (including phenoxy) is 1. The second-order valence-electron chi connectivity index (χ2n) is 13.6. The maximum absolute atomic E-state index is 12.1. The number of carbonyl (C=O) groups excluding carboxylic acids is 3. The van der Waals surface area contributed by atoms with Gasteiger partial charge in [0.05, 0.1) is 6.61 Å². The zero-order chi connectivity index (χ0) is 40.8. The van der Waals surface area contributed by atoms with Gasteiger partial charge < -0.3 is 26.0 Å². The lowest BCUT2D eigenvalue weighted by Gasteiger charge is -2.07. The van der Waals surface area contributed by atoms with Crippen LogP contribution in [-0.2, 0) is 6.42 Å². The van der Waals surface area contributed by atoms with Crippen LogP contribution in [0.3, 0.4) is 0 Å². The molecule has 8 nitrogen and oxygen atoms in total. The van der Waals surface area contributed by atoms with Gasteiger partial charge in [-0.25, -0.2) is 4.79 Å². The fraction of sp³-hybridized carbons (Fsp3) is 0.204. The van der Waals surface area contributed by atoms with Crippen LogP contribution >= 0.6 is 0 Å². The van der Waals surface area contributed by atoms with Gasteiger partial charge in [-0.15, -0.1) is 0 Å². The van der Waals surface area contributed by atoms with Gasteiger partial charge in [-0.2, -0.15) is 0 Å². The van der Waals surface area contributed by atoms with Crippen molar-refractivity contribution in [2.75, 3.05) is 27.9 Å². The van der Waals surface area contributed by atoms with E-state index >= 15 is 0 Å². The molecule has 0 radical (unpaired) electrons. The average Bonchev–Trinajstić information content (AvgIpc) is 3.23. The van der Waals surface area contributed by atoms with Gasteiger partial charge in [0.1, 0.15) is 5.75 Å². The molecule has 0 saturated carbocycles. The van der Waals surface area contributed by atoms with Crippen LogP contribution in [0.2, 0.25) is 0 Å². The third kappa shape index (κ3) is 15.9. The number of urea groups is 1. The van der Waals surface area contributed by atoms with Crippen molar-refractivity contribution in [3.63, 3.8) is 0 Å². The van der Waals surface area contributed by atoms with Crippen LogP contribution in [0.5, 0.6) is 5.75 Å². The summed E-state index contributed by atoms with van der Waals surface area (Å²) in [5.74, 6) is 0.616. The molecule has 0 heterocycles. The van der Waals surface area contributed by atoms with E-state index in [0.717, 1.165) is 41.3 Å². The summed E-state index contributed by atoms with van der Waals surface area (Å²) in [5, 5.41) is 11.3. The molecule has 0 atom stereocenters. The van der Waals surface area contributed by atoms with Gasteiger partial charge in [0.25, 0.3) is 11.8 Å². The van der Waals surface area contributed by atoms with Crippen molar-refractivity contribution in [2.45, 2.75) is 60.3 Å². The second kappa shape index (κ2) is 23.3. The minimum atomic E-state index is -0.236. The van der Waals surface area contributed by atoms with Crippen molar-refractivity contribution in [1.82, 2.24) is 0 Å². The Labute approximate surface area is 337 Å². The molecule has 6 aromatic rings. The molecule has 4 amide bonds. The quantitative estimate of drug-likeness (QED) is 0.0995. The molecule has 294 valence electrons. The van der Waals surface area contributed by atoms with E-state index in [1.54, 1.807) is 12.1 Å². The van der Waals surface area contributed by atoms with E-state index in [1.165, 1.54) is 35.1 Å². The molecule has 0 unspecified atom stereocenters. The number of anilines is 4. The number of benzene rings is 6. The van der Waals surface area contributed by atoms with Gasteiger partial charge in [-0.3, -0.25) is 9.59 Å². The van der Waals surface area contributed by atoms with Crippen LogP contribution in [0.4, 0.5) is 27.5 Å². The molecule has 0 aliphatic rings. The maximum atomic E-state index is 12.1. The lowest BCUT2D eigenvalue weighted by atomic mass is 10.1. The molecule has 0 aliphatic carbocycles. The minimum absolute atomic E-state index is 0.0594. The summed E-state index contributed by atoms with van der Waals surface area (Å²) in [7, 11) is 0. The molecule has 0 aliphatic heterocycles. The van der Waals surface area contributed by atoms with Crippen LogP contribution in [0, 0.1) is 20.8 Å². The molecular weight excluding hydrogens is 709 g/mol. The first-order valence-electron chi connectivity index (χ1n) is 19.4. The van der Waals surface area contributed by atoms with Crippen molar-refractivity contribution in [3.8, 4) is 5.75 Å². The Hall–Kier alpha value is -6.67. The molecule has 0 saturated heterocycles. The Morgan fingerprint density at radius 1 is 0.456 bits per heavy atom. The van der Waals surface area contributed by atoms with E-state index in [4.69, 9.17) is 4.74 Å². The number of nitrogens with one attached hydrogen (secondary N) is 4. The summed E-state index contributed by atoms with van der Waals surface area (Å²) in [6.07, 6.45) is 4.43. The second-order valence-corrected chi connectivity index (χ2v) is 13.6. The number of aryl methyl sites for hydroxylation is 4. The monoisotopic (exact) mass is 762 g/mol. The minimum Gasteiger partial charge on any atom is -0.494 e. The first kappa shape index (κ1) is 43.1. The summed E-state index contributed by atoms with van der Waals surface area (Å²) in [6, 6.07) is 47.4. The van der Waals surface area contributed by atoms with Gasteiger partial charge in [-0.05, 0) is 131 Å². The molecular formula is C49H54N4O4. The zero-order valence-corrected chi connectivity index (χ0v) is 33.6. The van der Waals surface area contributed by atoms with Crippen molar-refractivity contribution in [1.29, 1.82) is 0 Å². The Morgan fingerprint density at radius 2 is 0.860 bits per heavy atom. The topological polar surface area (TPSA) is 109 Å². The SMILES string of the molecule is CCCCc1ccc(C(=O)Nc2ccc(C)cc2)cc1.CCCOc1ccc(C(=O)Nc2ccc(C)cc2)cc1.Cc1ccc(NC(=O)Nc2ccccc2)cc1. The molecule has 4 N–H and O–H groups in total. The number of hydrogen-bond donors (Lipinski definition) is 4. The summed E-state index contributed by atoms with van der Waals surface area (Å²) < 4.78 is 5.49. The van der Waals surface area contributed by atoms with Gasteiger partial charge in [-0.1, -0.05) is 104 Å². The highest BCUT2D eigenvalue weighted by Crippen LogP contribution is 2.16. The third-order valence-corrected chi connectivity index (χ3v) is 8.58. The summed E-state index contributed by atoms with van der Waals surface area (Å²) in [5.41, 5.74) is 9.31. The Balaban J connectivity index is 0.000000190. The first-order valence-corrected chi connectivity index (χ1v) is 19.4. The number of rotatable bonds is 12. The molecule has 6 aromatic carbocycles. The number of unbranched alkanes of at least 4 members (excludes halogenated alkanes) is 1. The molecule has 0 fully saturated rings. The number of para-hydroxylation sites is 1. The normalized spacial score (nSPS) is 10.1. The molecule has 8 heteroatoms. The number of amides is 4. The van der Waals surface area contributed by atoms with Crippen molar-refractivity contribution < 1.29 is 19.1 Å². The van der Waals surface area contributed by atoms with Crippen LogP contribution in [0.25, 0.3) is 0 Å². The van der Waals surface area contributed by atoms with E-state index in [9.17, 15) is 14.4 Å².